The second kappa shape index (κ2) is 3.89. The Morgan fingerprint density at radius 3 is 2.75 bits per heavy atom. The average molecular weight is 295 g/mol. The summed E-state index contributed by atoms with van der Waals surface area (Å²) in [4.78, 5) is 1.80. The van der Waals surface area contributed by atoms with Gasteiger partial charge in [0, 0.05) is 0 Å². The van der Waals surface area contributed by atoms with Crippen LogP contribution in [0.1, 0.15) is 0 Å². The Balaban J connectivity index is 2.70. The van der Waals surface area contributed by atoms with E-state index in [1.54, 1.807) is 16.6 Å². The van der Waals surface area contributed by atoms with Gasteiger partial charge in [0.1, 0.15) is 0 Å². The molecular formula is C4H5FO3S3Se. The summed E-state index contributed by atoms with van der Waals surface area (Å²) in [5.41, 5.74) is 0. The van der Waals surface area contributed by atoms with Crippen molar-refractivity contribution in [1.29, 1.82) is 0 Å². The van der Waals surface area contributed by atoms with Gasteiger partial charge in [-0.15, -0.1) is 0 Å². The molecule has 0 fully saturated rings. The SMILES string of the molecule is CSC1(OS(=O)(=O)F)SC=C[Se]1. The van der Waals surface area contributed by atoms with E-state index in [1.807, 2.05) is 0 Å². The first kappa shape index (κ1) is 10.9. The number of rotatable bonds is 3. The van der Waals surface area contributed by atoms with Crippen LogP contribution in [0.15, 0.2) is 10.4 Å². The fourth-order valence-electron chi connectivity index (χ4n) is 0.541. The van der Waals surface area contributed by atoms with E-state index in [1.165, 1.54) is 23.5 Å². The molecule has 8 heteroatoms. The van der Waals surface area contributed by atoms with Crippen LogP contribution in [-0.2, 0) is 14.7 Å². The van der Waals surface area contributed by atoms with Gasteiger partial charge in [-0.2, -0.15) is 0 Å². The van der Waals surface area contributed by atoms with Crippen molar-refractivity contribution in [1.82, 2.24) is 0 Å². The molecule has 0 saturated heterocycles. The molecule has 0 aliphatic carbocycles. The molecule has 1 aliphatic rings. The Hall–Kier alpha value is 0.799. The zero-order chi connectivity index (χ0) is 9.24. The molecule has 1 atom stereocenters. The van der Waals surface area contributed by atoms with E-state index >= 15 is 0 Å². The standard InChI is InChI=1S/C4H5FO3S3Se/c1-9-4(8-11(5,6)7)10-2-3-12-4/h2-3H,1H3. The Kier molecular flexibility index (Phi) is 3.53. The van der Waals surface area contributed by atoms with Crippen LogP contribution < -0.4 is 0 Å². The zero-order valence-electron chi connectivity index (χ0n) is 5.89. The van der Waals surface area contributed by atoms with Crippen molar-refractivity contribution in [3.8, 4) is 0 Å². The van der Waals surface area contributed by atoms with E-state index in [9.17, 15) is 12.3 Å². The first-order valence-corrected chi connectivity index (χ1v) is 7.94. The molecular weight excluding hydrogens is 290 g/mol. The molecule has 0 spiro atoms. The van der Waals surface area contributed by atoms with Crippen molar-refractivity contribution in [2.75, 3.05) is 6.26 Å². The second-order valence-electron chi connectivity index (χ2n) is 1.69. The van der Waals surface area contributed by atoms with E-state index in [-0.39, 0.29) is 15.0 Å². The first-order chi connectivity index (χ1) is 5.47. The van der Waals surface area contributed by atoms with Gasteiger partial charge >= 0.3 is 85.3 Å². The van der Waals surface area contributed by atoms with E-state index < -0.39 is 13.7 Å². The molecule has 1 rings (SSSR count). The number of hydrogen-bond donors (Lipinski definition) is 0. The minimum absolute atomic E-state index is 0.157. The van der Waals surface area contributed by atoms with Gasteiger partial charge in [0.05, 0.1) is 0 Å². The predicted octanol–water partition coefficient (Wildman–Crippen LogP) is 1.11. The van der Waals surface area contributed by atoms with Gasteiger partial charge in [0.2, 0.25) is 0 Å². The summed E-state index contributed by atoms with van der Waals surface area (Å²) in [6.45, 7) is 0. The van der Waals surface area contributed by atoms with E-state index in [0.29, 0.717) is 0 Å². The van der Waals surface area contributed by atoms with Crippen molar-refractivity contribution < 1.29 is 16.5 Å². The molecule has 70 valence electrons. The molecule has 0 aromatic heterocycles. The van der Waals surface area contributed by atoms with Crippen LogP contribution >= 0.6 is 23.5 Å². The second-order valence-corrected chi connectivity index (χ2v) is 8.40. The van der Waals surface area contributed by atoms with Gasteiger partial charge in [-0.3, -0.25) is 0 Å². The molecule has 0 bridgehead atoms. The van der Waals surface area contributed by atoms with E-state index in [0.717, 1.165) is 0 Å². The fraction of sp³-hybridized carbons (Fsp3) is 0.500. The normalized spacial score (nSPS) is 29.5. The van der Waals surface area contributed by atoms with Crippen LogP contribution in [0.5, 0.6) is 0 Å². The Morgan fingerprint density at radius 2 is 2.42 bits per heavy atom. The van der Waals surface area contributed by atoms with Crippen LogP contribution in [0.4, 0.5) is 3.89 Å². The van der Waals surface area contributed by atoms with Crippen LogP contribution in [0.2, 0.25) is 0 Å². The summed E-state index contributed by atoms with van der Waals surface area (Å²) in [7, 11) is -4.84. The van der Waals surface area contributed by atoms with Gasteiger partial charge in [-0.1, -0.05) is 0 Å². The fourth-order valence-corrected chi connectivity index (χ4v) is 6.41. The van der Waals surface area contributed by atoms with Crippen LogP contribution in [-0.4, -0.2) is 32.8 Å². The summed E-state index contributed by atoms with van der Waals surface area (Å²) in [5.74, 6) is 0. The van der Waals surface area contributed by atoms with Crippen LogP contribution in [0.25, 0.3) is 0 Å². The van der Waals surface area contributed by atoms with Crippen molar-refractivity contribution in [2.24, 2.45) is 0 Å². The van der Waals surface area contributed by atoms with Crippen LogP contribution in [0, 0.1) is 0 Å². The van der Waals surface area contributed by atoms with Crippen molar-refractivity contribution in [3.63, 3.8) is 0 Å². The third-order valence-corrected chi connectivity index (χ3v) is 8.24. The molecule has 1 heterocycles. The topological polar surface area (TPSA) is 43.4 Å². The first-order valence-electron chi connectivity index (χ1n) is 2.68. The molecule has 0 amide bonds. The molecule has 0 aromatic carbocycles. The molecule has 12 heavy (non-hydrogen) atoms. The van der Waals surface area contributed by atoms with Crippen molar-refractivity contribution in [2.45, 2.75) is 3.16 Å². The van der Waals surface area contributed by atoms with Gasteiger partial charge in [-0.25, -0.2) is 0 Å². The molecule has 0 radical (unpaired) electrons. The quantitative estimate of drug-likeness (QED) is 0.443. The Bertz CT molecular complexity index is 280. The summed E-state index contributed by atoms with van der Waals surface area (Å²) >= 11 is 2.22. The third-order valence-electron chi connectivity index (χ3n) is 0.932. The molecule has 3 nitrogen and oxygen atoms in total. The molecule has 0 aromatic rings. The molecule has 0 saturated carbocycles. The molecule has 0 N–H and O–H groups in total. The number of halogens is 1. The molecule has 1 aliphatic heterocycles. The van der Waals surface area contributed by atoms with E-state index in [4.69, 9.17) is 0 Å². The Morgan fingerprint density at radius 1 is 1.75 bits per heavy atom. The monoisotopic (exact) mass is 296 g/mol. The van der Waals surface area contributed by atoms with Crippen molar-refractivity contribution >= 4 is 49.0 Å². The molecule has 1 unspecified atom stereocenters. The van der Waals surface area contributed by atoms with Gasteiger partial charge in [-0.05, 0) is 0 Å². The summed E-state index contributed by atoms with van der Waals surface area (Å²) in [6, 6.07) is 0. The maximum absolute atomic E-state index is 12.2. The predicted molar refractivity (Wildman–Crippen MR) is 49.8 cm³/mol. The van der Waals surface area contributed by atoms with Gasteiger partial charge in [0.15, 0.2) is 0 Å². The minimum atomic E-state index is -4.84. The average Bonchev–Trinajstić information content (AvgIpc) is 2.34. The summed E-state index contributed by atoms with van der Waals surface area (Å²) in [5, 5.41) is 1.72. The van der Waals surface area contributed by atoms with Gasteiger partial charge in [0.25, 0.3) is 0 Å². The zero-order valence-corrected chi connectivity index (χ0v) is 10.1. The van der Waals surface area contributed by atoms with Gasteiger partial charge < -0.3 is 0 Å². The Labute approximate surface area is 85.1 Å². The summed E-state index contributed by atoms with van der Waals surface area (Å²) in [6.07, 6.45) is 1.69. The van der Waals surface area contributed by atoms with Crippen LogP contribution in [0.3, 0.4) is 0 Å². The summed E-state index contributed by atoms with van der Waals surface area (Å²) < 4.78 is 36.0. The third kappa shape index (κ3) is 2.93. The number of hydrogen-bond acceptors (Lipinski definition) is 5. The number of thioether (sulfide) groups is 2. The maximum atomic E-state index is 12.2. The van der Waals surface area contributed by atoms with E-state index in [2.05, 4.69) is 4.18 Å². The van der Waals surface area contributed by atoms with Crippen molar-refractivity contribution in [3.05, 3.63) is 10.4 Å².